The van der Waals surface area contributed by atoms with E-state index in [1.54, 1.807) is 0 Å². The van der Waals surface area contributed by atoms with E-state index in [0.29, 0.717) is 5.92 Å². The number of amides is 1. The van der Waals surface area contributed by atoms with Crippen LogP contribution in [0.15, 0.2) is 0 Å². The molecule has 3 atom stereocenters. The predicted octanol–water partition coefficient (Wildman–Crippen LogP) is 2.32. The summed E-state index contributed by atoms with van der Waals surface area (Å²) in [7, 11) is 0. The molecule has 2 aliphatic rings. The second-order valence-corrected chi connectivity index (χ2v) is 7.01. The molecule has 0 aromatic rings. The normalized spacial score (nSPS) is 35.4. The van der Waals surface area contributed by atoms with Crippen LogP contribution < -0.4 is 10.6 Å². The number of nitrogens with one attached hydrogen (secondary N) is 2. The van der Waals surface area contributed by atoms with Crippen LogP contribution in [0.3, 0.4) is 0 Å². The molecule has 104 valence electrons. The van der Waals surface area contributed by atoms with Crippen molar-refractivity contribution in [2.45, 2.75) is 58.9 Å². The van der Waals surface area contributed by atoms with Gasteiger partial charge in [0.2, 0.25) is 5.91 Å². The minimum Gasteiger partial charge on any atom is -0.354 e. The molecule has 0 aromatic carbocycles. The van der Waals surface area contributed by atoms with E-state index >= 15 is 0 Å². The average molecular weight is 252 g/mol. The Morgan fingerprint density at radius 3 is 2.78 bits per heavy atom. The minimum absolute atomic E-state index is 0.00919. The first-order valence-corrected chi connectivity index (χ1v) is 7.50. The Kier molecular flexibility index (Phi) is 4.31. The molecule has 2 N–H and O–H groups in total. The number of hydrogen-bond donors (Lipinski definition) is 2. The fourth-order valence-corrected chi connectivity index (χ4v) is 3.52. The van der Waals surface area contributed by atoms with E-state index in [1.165, 1.54) is 25.7 Å². The Morgan fingerprint density at radius 2 is 2.17 bits per heavy atom. The minimum atomic E-state index is -0.00919. The molecule has 1 saturated heterocycles. The van der Waals surface area contributed by atoms with Gasteiger partial charge in [0.15, 0.2) is 0 Å². The maximum Gasteiger partial charge on any atom is 0.237 e. The van der Waals surface area contributed by atoms with Gasteiger partial charge in [0.25, 0.3) is 0 Å². The summed E-state index contributed by atoms with van der Waals surface area (Å²) in [6.07, 6.45) is 6.20. The van der Waals surface area contributed by atoms with Crippen LogP contribution in [0.4, 0.5) is 0 Å². The summed E-state index contributed by atoms with van der Waals surface area (Å²) < 4.78 is 0. The third-order valence-corrected chi connectivity index (χ3v) is 4.76. The van der Waals surface area contributed by atoms with E-state index in [4.69, 9.17) is 0 Å². The smallest absolute Gasteiger partial charge is 0.237 e. The van der Waals surface area contributed by atoms with Gasteiger partial charge in [0.1, 0.15) is 0 Å². The predicted molar refractivity (Wildman–Crippen MR) is 74.3 cm³/mol. The molecule has 1 aliphatic carbocycles. The third kappa shape index (κ3) is 3.25. The molecule has 0 aromatic heterocycles. The second-order valence-electron chi connectivity index (χ2n) is 7.01. The Hall–Kier alpha value is -0.570. The van der Waals surface area contributed by atoms with Crippen LogP contribution >= 0.6 is 0 Å². The summed E-state index contributed by atoms with van der Waals surface area (Å²) in [5, 5.41) is 6.55. The van der Waals surface area contributed by atoms with Gasteiger partial charge in [-0.3, -0.25) is 4.79 Å². The summed E-state index contributed by atoms with van der Waals surface area (Å²) >= 11 is 0. The van der Waals surface area contributed by atoms with Crippen molar-refractivity contribution in [3.63, 3.8) is 0 Å². The highest BCUT2D eigenvalue weighted by Crippen LogP contribution is 2.31. The Bertz CT molecular complexity index is 301. The number of piperidine rings is 1. The van der Waals surface area contributed by atoms with E-state index in [1.807, 2.05) is 0 Å². The quantitative estimate of drug-likeness (QED) is 0.809. The van der Waals surface area contributed by atoms with Crippen molar-refractivity contribution in [2.24, 2.45) is 17.3 Å². The lowest BCUT2D eigenvalue weighted by molar-refractivity contribution is -0.126. The van der Waals surface area contributed by atoms with Crippen molar-refractivity contribution in [2.75, 3.05) is 13.1 Å². The molecule has 3 unspecified atom stereocenters. The molecular formula is C15H28N2O. The van der Waals surface area contributed by atoms with Crippen molar-refractivity contribution < 1.29 is 4.79 Å². The van der Waals surface area contributed by atoms with Crippen LogP contribution in [0.1, 0.15) is 52.9 Å². The average Bonchev–Trinajstić information content (AvgIpc) is 2.71. The maximum absolute atomic E-state index is 12.3. The highest BCUT2D eigenvalue weighted by molar-refractivity contribution is 5.82. The van der Waals surface area contributed by atoms with Crippen LogP contribution in [0, 0.1) is 17.3 Å². The largest absolute Gasteiger partial charge is 0.354 e. The van der Waals surface area contributed by atoms with Crippen molar-refractivity contribution in [3.05, 3.63) is 0 Å². The van der Waals surface area contributed by atoms with Gasteiger partial charge >= 0.3 is 0 Å². The first kappa shape index (κ1) is 13.9. The first-order valence-electron chi connectivity index (χ1n) is 7.50. The molecule has 1 heterocycles. The van der Waals surface area contributed by atoms with E-state index in [2.05, 4.69) is 31.4 Å². The van der Waals surface area contributed by atoms with Gasteiger partial charge in [-0.25, -0.2) is 0 Å². The van der Waals surface area contributed by atoms with E-state index < -0.39 is 0 Å². The summed E-state index contributed by atoms with van der Waals surface area (Å²) in [4.78, 5) is 12.3. The molecule has 2 fully saturated rings. The van der Waals surface area contributed by atoms with E-state index in [0.717, 1.165) is 25.4 Å². The third-order valence-electron chi connectivity index (χ3n) is 4.76. The van der Waals surface area contributed by atoms with E-state index in [-0.39, 0.29) is 17.4 Å². The van der Waals surface area contributed by atoms with Crippen molar-refractivity contribution >= 4 is 5.91 Å². The maximum atomic E-state index is 12.3. The van der Waals surface area contributed by atoms with Gasteiger partial charge < -0.3 is 10.6 Å². The highest BCUT2D eigenvalue weighted by Gasteiger charge is 2.37. The molecule has 3 heteroatoms. The molecule has 18 heavy (non-hydrogen) atoms. The monoisotopic (exact) mass is 252 g/mol. The topological polar surface area (TPSA) is 41.1 Å². The zero-order valence-electron chi connectivity index (χ0n) is 12.1. The summed E-state index contributed by atoms with van der Waals surface area (Å²) in [5.74, 6) is 1.76. The van der Waals surface area contributed by atoms with Crippen LogP contribution in [0.2, 0.25) is 0 Å². The lowest BCUT2D eigenvalue weighted by atomic mass is 9.77. The molecule has 1 saturated carbocycles. The molecule has 1 aliphatic heterocycles. The molecule has 0 spiro atoms. The van der Waals surface area contributed by atoms with Crippen molar-refractivity contribution in [3.8, 4) is 0 Å². The Morgan fingerprint density at radius 1 is 1.39 bits per heavy atom. The fraction of sp³-hybridized carbons (Fsp3) is 0.933. The summed E-state index contributed by atoms with van der Waals surface area (Å²) in [6.45, 7) is 8.55. The van der Waals surface area contributed by atoms with Gasteiger partial charge in [-0.2, -0.15) is 0 Å². The molecule has 2 rings (SSSR count). The highest BCUT2D eigenvalue weighted by atomic mass is 16.2. The van der Waals surface area contributed by atoms with Crippen LogP contribution in [0.25, 0.3) is 0 Å². The number of carbonyl (C=O) groups excluding carboxylic acids is 1. The number of rotatable bonds is 3. The second kappa shape index (κ2) is 5.60. The van der Waals surface area contributed by atoms with Crippen molar-refractivity contribution in [1.82, 2.24) is 10.6 Å². The number of hydrogen-bond acceptors (Lipinski definition) is 2. The van der Waals surface area contributed by atoms with Crippen LogP contribution in [0.5, 0.6) is 0 Å². The Balaban J connectivity index is 1.80. The molecular weight excluding hydrogens is 224 g/mol. The summed E-state index contributed by atoms with van der Waals surface area (Å²) in [5.41, 5.74) is 0.0886. The zero-order valence-corrected chi connectivity index (χ0v) is 12.1. The Labute approximate surface area is 111 Å². The summed E-state index contributed by atoms with van der Waals surface area (Å²) in [6, 6.07) is -0.00919. The SMILES string of the molecule is CC1CCC(CNC(=O)C2NCCCC2(C)C)C1. The molecule has 3 nitrogen and oxygen atoms in total. The van der Waals surface area contributed by atoms with Crippen LogP contribution in [-0.4, -0.2) is 25.0 Å². The fourth-order valence-electron chi connectivity index (χ4n) is 3.52. The zero-order chi connectivity index (χ0) is 13.2. The lowest BCUT2D eigenvalue weighted by Crippen LogP contribution is -2.56. The van der Waals surface area contributed by atoms with E-state index in [9.17, 15) is 4.79 Å². The molecule has 1 amide bonds. The standard InChI is InChI=1S/C15H28N2O/c1-11-5-6-12(9-11)10-17-14(18)13-15(2,3)7-4-8-16-13/h11-13,16H,4-10H2,1-3H3,(H,17,18). The molecule has 0 radical (unpaired) electrons. The lowest BCUT2D eigenvalue weighted by Gasteiger charge is -2.38. The van der Waals surface area contributed by atoms with Gasteiger partial charge in [-0.05, 0) is 49.5 Å². The number of carbonyl (C=O) groups is 1. The van der Waals surface area contributed by atoms with Gasteiger partial charge in [0.05, 0.1) is 6.04 Å². The van der Waals surface area contributed by atoms with Gasteiger partial charge in [-0.1, -0.05) is 27.2 Å². The molecule has 0 bridgehead atoms. The van der Waals surface area contributed by atoms with Gasteiger partial charge in [0, 0.05) is 6.54 Å². The van der Waals surface area contributed by atoms with Crippen LogP contribution in [-0.2, 0) is 4.79 Å². The first-order chi connectivity index (χ1) is 8.49. The van der Waals surface area contributed by atoms with Gasteiger partial charge in [-0.15, -0.1) is 0 Å². The van der Waals surface area contributed by atoms with Crippen molar-refractivity contribution in [1.29, 1.82) is 0 Å².